The van der Waals surface area contributed by atoms with Gasteiger partial charge in [0.25, 0.3) is 0 Å². The molecule has 13 heavy (non-hydrogen) atoms. The molecule has 0 aliphatic rings. The van der Waals surface area contributed by atoms with E-state index in [1.165, 1.54) is 12.5 Å². The Morgan fingerprint density at radius 2 is 2.15 bits per heavy atom. The van der Waals surface area contributed by atoms with E-state index in [4.69, 9.17) is 0 Å². The third-order valence-electron chi connectivity index (χ3n) is 1.67. The fraction of sp³-hybridized carbons (Fsp3) is 0. The molecule has 4 heteroatoms. The monoisotopic (exact) mass is 173 g/mol. The smallest absolute Gasteiger partial charge is 0.242 e. The fourth-order valence-corrected chi connectivity index (χ4v) is 1.07. The molecule has 0 saturated carbocycles. The first-order chi connectivity index (χ1) is 6.38. The average molecular weight is 173 g/mol. The van der Waals surface area contributed by atoms with E-state index in [0.717, 1.165) is 4.73 Å². The molecule has 0 aliphatic heterocycles. The minimum absolute atomic E-state index is 0.532. The molecule has 2 aromatic rings. The van der Waals surface area contributed by atoms with Gasteiger partial charge in [-0.3, -0.25) is 0 Å². The summed E-state index contributed by atoms with van der Waals surface area (Å²) < 4.78 is 0.780. The predicted molar refractivity (Wildman–Crippen MR) is 46.4 cm³/mol. The van der Waals surface area contributed by atoms with Crippen molar-refractivity contribution in [2.24, 2.45) is 0 Å². The third kappa shape index (κ3) is 1.46. The van der Waals surface area contributed by atoms with Crippen LogP contribution in [0, 0.1) is 5.21 Å². The van der Waals surface area contributed by atoms with Gasteiger partial charge < -0.3 is 5.21 Å². The van der Waals surface area contributed by atoms with Crippen molar-refractivity contribution in [3.63, 3.8) is 0 Å². The molecule has 0 atom stereocenters. The van der Waals surface area contributed by atoms with Crippen LogP contribution in [0.25, 0.3) is 11.4 Å². The number of nitrogens with zero attached hydrogens (tertiary/aromatic N) is 3. The Balaban J connectivity index is 2.54. The molecular formula is C9H7N3O. The fourth-order valence-electron chi connectivity index (χ4n) is 1.07. The quantitative estimate of drug-likeness (QED) is 0.473. The lowest BCUT2D eigenvalue weighted by Crippen LogP contribution is -2.28. The van der Waals surface area contributed by atoms with Gasteiger partial charge in [-0.1, -0.05) is 0 Å². The second-order valence-electron chi connectivity index (χ2n) is 2.51. The first kappa shape index (κ1) is 7.67. The van der Waals surface area contributed by atoms with Crippen LogP contribution in [0.4, 0.5) is 0 Å². The second kappa shape index (κ2) is 3.18. The van der Waals surface area contributed by atoms with E-state index in [1.807, 2.05) is 0 Å². The summed E-state index contributed by atoms with van der Waals surface area (Å²) in [6.07, 6.45) is 4.47. The second-order valence-corrected chi connectivity index (χ2v) is 2.51. The zero-order valence-electron chi connectivity index (χ0n) is 6.79. The highest BCUT2D eigenvalue weighted by atomic mass is 16.5. The lowest BCUT2D eigenvalue weighted by Gasteiger charge is -2.01. The molecule has 2 aromatic heterocycles. The summed E-state index contributed by atoms with van der Waals surface area (Å²) in [5.74, 6) is 0. The topological polar surface area (TPSA) is 52.7 Å². The van der Waals surface area contributed by atoms with Gasteiger partial charge >= 0.3 is 0 Å². The van der Waals surface area contributed by atoms with Crippen molar-refractivity contribution in [2.45, 2.75) is 0 Å². The predicted octanol–water partition coefficient (Wildman–Crippen LogP) is 0.777. The standard InChI is InChI=1S/C9H7N3O/c13-12-6-2-1-3-9(12)8-4-5-10-7-11-8/h1-7H. The number of hydrogen-bond donors (Lipinski definition) is 0. The number of aromatic nitrogens is 3. The molecule has 2 rings (SSSR count). The molecular weight excluding hydrogens is 166 g/mol. The van der Waals surface area contributed by atoms with Gasteiger partial charge in [0.1, 0.15) is 12.0 Å². The number of pyridine rings is 1. The summed E-state index contributed by atoms with van der Waals surface area (Å²) in [7, 11) is 0. The molecule has 0 fully saturated rings. The van der Waals surface area contributed by atoms with Crippen LogP contribution in [0.5, 0.6) is 0 Å². The van der Waals surface area contributed by atoms with Crippen LogP contribution in [-0.4, -0.2) is 9.97 Å². The van der Waals surface area contributed by atoms with Crippen LogP contribution >= 0.6 is 0 Å². The Hall–Kier alpha value is -1.97. The van der Waals surface area contributed by atoms with E-state index >= 15 is 0 Å². The van der Waals surface area contributed by atoms with E-state index in [2.05, 4.69) is 9.97 Å². The number of hydrogen-bond acceptors (Lipinski definition) is 3. The number of rotatable bonds is 1. The average Bonchev–Trinajstić information content (AvgIpc) is 2.20. The van der Waals surface area contributed by atoms with Gasteiger partial charge in [0.15, 0.2) is 6.20 Å². The largest absolute Gasteiger partial charge is 0.618 e. The highest BCUT2D eigenvalue weighted by Crippen LogP contribution is 2.08. The Morgan fingerprint density at radius 3 is 2.85 bits per heavy atom. The van der Waals surface area contributed by atoms with E-state index in [0.29, 0.717) is 11.4 Å². The van der Waals surface area contributed by atoms with Crippen molar-refractivity contribution in [3.05, 3.63) is 48.2 Å². The van der Waals surface area contributed by atoms with Gasteiger partial charge in [-0.05, 0) is 12.1 Å². The van der Waals surface area contributed by atoms with Gasteiger partial charge in [-0.25, -0.2) is 9.97 Å². The molecule has 64 valence electrons. The lowest BCUT2D eigenvalue weighted by atomic mass is 10.2. The molecule has 0 aromatic carbocycles. The summed E-state index contributed by atoms with van der Waals surface area (Å²) in [6, 6.07) is 6.89. The van der Waals surface area contributed by atoms with E-state index in [9.17, 15) is 5.21 Å². The highest BCUT2D eigenvalue weighted by molar-refractivity contribution is 5.48. The molecule has 0 bridgehead atoms. The van der Waals surface area contributed by atoms with Gasteiger partial charge in [0, 0.05) is 18.3 Å². The molecule has 2 heterocycles. The summed E-state index contributed by atoms with van der Waals surface area (Å²) in [5.41, 5.74) is 1.16. The van der Waals surface area contributed by atoms with E-state index < -0.39 is 0 Å². The zero-order valence-corrected chi connectivity index (χ0v) is 6.79. The van der Waals surface area contributed by atoms with Gasteiger partial charge in [0.05, 0.1) is 0 Å². The Bertz CT molecular complexity index is 403. The normalized spacial score (nSPS) is 9.85. The molecule has 0 N–H and O–H groups in total. The highest BCUT2D eigenvalue weighted by Gasteiger charge is 2.06. The van der Waals surface area contributed by atoms with Crippen LogP contribution in [0.3, 0.4) is 0 Å². The maximum absolute atomic E-state index is 11.3. The molecule has 4 nitrogen and oxygen atoms in total. The third-order valence-corrected chi connectivity index (χ3v) is 1.67. The van der Waals surface area contributed by atoms with Crippen LogP contribution < -0.4 is 4.73 Å². The molecule has 0 unspecified atom stereocenters. The molecule has 0 aliphatic carbocycles. The summed E-state index contributed by atoms with van der Waals surface area (Å²) in [6.45, 7) is 0. The minimum atomic E-state index is 0.532. The van der Waals surface area contributed by atoms with Crippen molar-refractivity contribution < 1.29 is 4.73 Å². The van der Waals surface area contributed by atoms with Gasteiger partial charge in [0.2, 0.25) is 5.69 Å². The Labute approximate surface area is 75.1 Å². The maximum Gasteiger partial charge on any atom is 0.242 e. The van der Waals surface area contributed by atoms with Crippen LogP contribution in [0.2, 0.25) is 0 Å². The van der Waals surface area contributed by atoms with Crippen molar-refractivity contribution in [2.75, 3.05) is 0 Å². The van der Waals surface area contributed by atoms with Crippen molar-refractivity contribution in [1.82, 2.24) is 9.97 Å². The molecule has 0 amide bonds. The zero-order chi connectivity index (χ0) is 9.10. The lowest BCUT2D eigenvalue weighted by molar-refractivity contribution is -0.593. The summed E-state index contributed by atoms with van der Waals surface area (Å²) in [5, 5.41) is 11.3. The maximum atomic E-state index is 11.3. The first-order valence-electron chi connectivity index (χ1n) is 3.82. The van der Waals surface area contributed by atoms with Crippen molar-refractivity contribution >= 4 is 0 Å². The minimum Gasteiger partial charge on any atom is -0.618 e. The van der Waals surface area contributed by atoms with Crippen molar-refractivity contribution in [1.29, 1.82) is 0 Å². The Kier molecular flexibility index (Phi) is 1.88. The van der Waals surface area contributed by atoms with Crippen molar-refractivity contribution in [3.8, 4) is 11.4 Å². The summed E-state index contributed by atoms with van der Waals surface area (Å²) >= 11 is 0. The van der Waals surface area contributed by atoms with Gasteiger partial charge in [-0.15, -0.1) is 0 Å². The summed E-state index contributed by atoms with van der Waals surface area (Å²) in [4.78, 5) is 7.76. The molecule has 0 spiro atoms. The molecule has 0 radical (unpaired) electrons. The Morgan fingerprint density at radius 1 is 1.23 bits per heavy atom. The first-order valence-corrected chi connectivity index (χ1v) is 3.82. The SMILES string of the molecule is [O-][n+]1ccccc1-c1ccncn1. The van der Waals surface area contributed by atoms with Gasteiger partial charge in [-0.2, -0.15) is 4.73 Å². The van der Waals surface area contributed by atoms with E-state index in [1.54, 1.807) is 30.5 Å². The van der Waals surface area contributed by atoms with Crippen LogP contribution in [0.15, 0.2) is 43.0 Å². The van der Waals surface area contributed by atoms with Crippen LogP contribution in [-0.2, 0) is 0 Å². The molecule has 0 saturated heterocycles. The van der Waals surface area contributed by atoms with Crippen LogP contribution in [0.1, 0.15) is 0 Å². The van der Waals surface area contributed by atoms with E-state index in [-0.39, 0.29) is 0 Å².